The molecule has 0 unspecified atom stereocenters. The lowest BCUT2D eigenvalue weighted by atomic mass is 10.2. The fourth-order valence-corrected chi connectivity index (χ4v) is 2.58. The van der Waals surface area contributed by atoms with E-state index in [0.717, 1.165) is 23.5 Å². The number of ether oxygens (including phenoxy) is 1. The fourth-order valence-electron chi connectivity index (χ4n) is 2.58. The maximum absolute atomic E-state index is 12.2. The zero-order valence-electron chi connectivity index (χ0n) is 14.0. The molecule has 8 nitrogen and oxygen atoms in total. The monoisotopic (exact) mass is 328 g/mol. The number of rotatable bonds is 6. The average molecular weight is 328 g/mol. The Morgan fingerprint density at radius 1 is 1.42 bits per heavy atom. The van der Waals surface area contributed by atoms with Crippen LogP contribution in [0.3, 0.4) is 0 Å². The molecular formula is C16H20N6O2. The Labute approximate surface area is 139 Å². The van der Waals surface area contributed by atoms with Gasteiger partial charge < -0.3 is 10.1 Å². The van der Waals surface area contributed by atoms with Gasteiger partial charge in [-0.2, -0.15) is 10.2 Å². The molecule has 0 aliphatic carbocycles. The van der Waals surface area contributed by atoms with Gasteiger partial charge in [0.15, 0.2) is 11.3 Å². The number of methoxy groups -OCH3 is 1. The summed E-state index contributed by atoms with van der Waals surface area (Å²) in [5.41, 5.74) is 3.82. The number of fused-ring (bicyclic) bond motifs is 1. The highest BCUT2D eigenvalue weighted by Crippen LogP contribution is 2.23. The first-order chi connectivity index (χ1) is 11.7. The molecule has 24 heavy (non-hydrogen) atoms. The highest BCUT2D eigenvalue weighted by molar-refractivity contribution is 5.93. The molecule has 8 heteroatoms. The van der Waals surface area contributed by atoms with E-state index < -0.39 is 0 Å². The first kappa shape index (κ1) is 16.1. The van der Waals surface area contributed by atoms with Crippen molar-refractivity contribution in [2.45, 2.75) is 20.4 Å². The van der Waals surface area contributed by atoms with E-state index in [4.69, 9.17) is 4.74 Å². The zero-order chi connectivity index (χ0) is 17.1. The summed E-state index contributed by atoms with van der Waals surface area (Å²) in [5.74, 6) is -0.246. The molecule has 0 spiro atoms. The molecule has 3 aromatic rings. The number of nitrogens with zero attached hydrogens (tertiary/aromatic N) is 5. The lowest BCUT2D eigenvalue weighted by molar-refractivity contribution is 0.0932. The fraction of sp³-hybridized carbons (Fsp3) is 0.375. The summed E-state index contributed by atoms with van der Waals surface area (Å²) in [7, 11) is 1.59. The molecule has 0 aromatic carbocycles. The van der Waals surface area contributed by atoms with E-state index in [-0.39, 0.29) is 5.91 Å². The van der Waals surface area contributed by atoms with E-state index in [1.54, 1.807) is 23.9 Å². The molecule has 0 radical (unpaired) electrons. The van der Waals surface area contributed by atoms with Crippen LogP contribution in [0.1, 0.15) is 23.1 Å². The standard InChI is InChI=1S/C16H20N6O2/c1-4-21-11(2)12(10-19-21)14-5-6-17-15-9-13(20-22(14)15)16(23)18-7-8-24-3/h5-6,9-10H,4,7-8H2,1-3H3,(H,18,23). The minimum atomic E-state index is -0.246. The largest absolute Gasteiger partial charge is 0.383 e. The second kappa shape index (κ2) is 6.79. The van der Waals surface area contributed by atoms with E-state index in [0.29, 0.717) is 24.5 Å². The van der Waals surface area contributed by atoms with E-state index in [9.17, 15) is 4.79 Å². The van der Waals surface area contributed by atoms with Gasteiger partial charge >= 0.3 is 0 Å². The number of carbonyl (C=O) groups excluding carboxylic acids is 1. The van der Waals surface area contributed by atoms with Gasteiger partial charge in [0.25, 0.3) is 5.91 Å². The maximum atomic E-state index is 12.2. The van der Waals surface area contributed by atoms with Crippen molar-refractivity contribution in [1.29, 1.82) is 0 Å². The van der Waals surface area contributed by atoms with Crippen molar-refractivity contribution in [3.05, 3.63) is 35.9 Å². The number of hydrogen-bond donors (Lipinski definition) is 1. The SMILES string of the molecule is CCn1ncc(-c2ccnc3cc(C(=O)NCCOC)nn23)c1C. The third kappa shape index (κ3) is 2.88. The van der Waals surface area contributed by atoms with E-state index in [2.05, 4.69) is 20.5 Å². The number of aryl methyl sites for hydroxylation is 1. The molecule has 0 saturated heterocycles. The predicted octanol–water partition coefficient (Wildman–Crippen LogP) is 1.30. The van der Waals surface area contributed by atoms with Gasteiger partial charge in [-0.25, -0.2) is 9.50 Å². The van der Waals surface area contributed by atoms with Crippen LogP contribution in [0.15, 0.2) is 24.5 Å². The van der Waals surface area contributed by atoms with Crippen molar-refractivity contribution in [3.63, 3.8) is 0 Å². The molecule has 1 amide bonds. The van der Waals surface area contributed by atoms with Crippen molar-refractivity contribution in [1.82, 2.24) is 29.7 Å². The Morgan fingerprint density at radius 3 is 2.96 bits per heavy atom. The first-order valence-electron chi connectivity index (χ1n) is 7.80. The molecule has 0 saturated carbocycles. The average Bonchev–Trinajstić information content (AvgIpc) is 3.18. The number of carbonyl (C=O) groups is 1. The maximum Gasteiger partial charge on any atom is 0.271 e. The van der Waals surface area contributed by atoms with Crippen LogP contribution in [0.5, 0.6) is 0 Å². The van der Waals surface area contributed by atoms with Crippen LogP contribution in [-0.2, 0) is 11.3 Å². The molecule has 1 N–H and O–H groups in total. The molecule has 0 aliphatic heterocycles. The van der Waals surface area contributed by atoms with Gasteiger partial charge in [-0.1, -0.05) is 0 Å². The summed E-state index contributed by atoms with van der Waals surface area (Å²) >= 11 is 0. The van der Waals surface area contributed by atoms with Gasteiger partial charge in [0, 0.05) is 43.7 Å². The van der Waals surface area contributed by atoms with Crippen molar-refractivity contribution >= 4 is 11.6 Å². The molecule has 0 atom stereocenters. The summed E-state index contributed by atoms with van der Waals surface area (Å²) in [6.45, 7) is 5.75. The minimum Gasteiger partial charge on any atom is -0.383 e. The normalized spacial score (nSPS) is 11.1. The van der Waals surface area contributed by atoms with Crippen LogP contribution < -0.4 is 5.32 Å². The summed E-state index contributed by atoms with van der Waals surface area (Å²) < 4.78 is 8.52. The lowest BCUT2D eigenvalue weighted by Crippen LogP contribution is -2.27. The Kier molecular flexibility index (Phi) is 4.57. The molecule has 3 rings (SSSR count). The van der Waals surface area contributed by atoms with Gasteiger partial charge in [0.2, 0.25) is 0 Å². The van der Waals surface area contributed by atoms with Crippen LogP contribution in [0.2, 0.25) is 0 Å². The Morgan fingerprint density at radius 2 is 2.25 bits per heavy atom. The highest BCUT2D eigenvalue weighted by atomic mass is 16.5. The summed E-state index contributed by atoms with van der Waals surface area (Å²) in [6, 6.07) is 3.54. The quantitative estimate of drug-likeness (QED) is 0.689. The van der Waals surface area contributed by atoms with Crippen LogP contribution in [0.25, 0.3) is 16.9 Å². The predicted molar refractivity (Wildman–Crippen MR) is 88.8 cm³/mol. The summed E-state index contributed by atoms with van der Waals surface area (Å²) in [4.78, 5) is 16.5. The molecule has 0 fully saturated rings. The van der Waals surface area contributed by atoms with Gasteiger partial charge in [-0.3, -0.25) is 9.48 Å². The third-order valence-electron chi connectivity index (χ3n) is 3.86. The minimum absolute atomic E-state index is 0.246. The highest BCUT2D eigenvalue weighted by Gasteiger charge is 2.16. The van der Waals surface area contributed by atoms with Gasteiger partial charge in [0.05, 0.1) is 18.5 Å². The van der Waals surface area contributed by atoms with Gasteiger partial charge in [-0.05, 0) is 19.9 Å². The summed E-state index contributed by atoms with van der Waals surface area (Å²) in [6.07, 6.45) is 3.52. The second-order valence-corrected chi connectivity index (χ2v) is 5.34. The van der Waals surface area contributed by atoms with E-state index in [1.807, 2.05) is 30.8 Å². The summed E-state index contributed by atoms with van der Waals surface area (Å²) in [5, 5.41) is 11.5. The molecular weight excluding hydrogens is 308 g/mol. The Hall–Kier alpha value is -2.74. The number of amides is 1. The van der Waals surface area contributed by atoms with Crippen molar-refractivity contribution in [2.24, 2.45) is 0 Å². The van der Waals surface area contributed by atoms with Crippen molar-refractivity contribution < 1.29 is 9.53 Å². The van der Waals surface area contributed by atoms with Gasteiger partial charge in [0.1, 0.15) is 0 Å². The number of aromatic nitrogens is 5. The second-order valence-electron chi connectivity index (χ2n) is 5.34. The van der Waals surface area contributed by atoms with Crippen LogP contribution >= 0.6 is 0 Å². The van der Waals surface area contributed by atoms with E-state index >= 15 is 0 Å². The third-order valence-corrected chi connectivity index (χ3v) is 3.86. The van der Waals surface area contributed by atoms with Crippen molar-refractivity contribution in [2.75, 3.05) is 20.3 Å². The first-order valence-corrected chi connectivity index (χ1v) is 7.80. The zero-order valence-corrected chi connectivity index (χ0v) is 14.0. The molecule has 0 aliphatic rings. The number of nitrogens with one attached hydrogen (secondary N) is 1. The van der Waals surface area contributed by atoms with E-state index in [1.165, 1.54) is 0 Å². The lowest BCUT2D eigenvalue weighted by Gasteiger charge is -2.05. The molecule has 126 valence electrons. The van der Waals surface area contributed by atoms with Crippen LogP contribution in [0, 0.1) is 6.92 Å². The smallest absolute Gasteiger partial charge is 0.271 e. The van der Waals surface area contributed by atoms with Crippen LogP contribution in [-0.4, -0.2) is 50.5 Å². The Balaban J connectivity index is 1.98. The number of hydrogen-bond acceptors (Lipinski definition) is 5. The van der Waals surface area contributed by atoms with Gasteiger partial charge in [-0.15, -0.1) is 0 Å². The Bertz CT molecular complexity index is 867. The molecule has 3 heterocycles. The molecule has 3 aromatic heterocycles. The van der Waals surface area contributed by atoms with Crippen LogP contribution in [0.4, 0.5) is 0 Å². The topological polar surface area (TPSA) is 86.3 Å². The molecule has 0 bridgehead atoms. The van der Waals surface area contributed by atoms with Crippen molar-refractivity contribution in [3.8, 4) is 11.3 Å².